The Labute approximate surface area is 74.9 Å². The second kappa shape index (κ2) is 2.79. The van der Waals surface area contributed by atoms with Gasteiger partial charge in [0.25, 0.3) is 0 Å². The van der Waals surface area contributed by atoms with Crippen molar-refractivity contribution in [1.82, 2.24) is 19.9 Å². The van der Waals surface area contributed by atoms with Crippen molar-refractivity contribution in [3.8, 4) is 6.07 Å². The molecule has 0 unspecified atom stereocenters. The molecule has 0 N–H and O–H groups in total. The van der Waals surface area contributed by atoms with Gasteiger partial charge >= 0.3 is 0 Å². The Balaban J connectivity index is 2.77. The molecule has 0 amide bonds. The molecular formula is C7H2BN5. The number of hydrogen-bond acceptors (Lipinski definition) is 5. The molecular weight excluding hydrogens is 165 g/mol. The van der Waals surface area contributed by atoms with Crippen LogP contribution in [-0.4, -0.2) is 27.8 Å². The summed E-state index contributed by atoms with van der Waals surface area (Å²) in [6.07, 6.45) is 2.85. The van der Waals surface area contributed by atoms with E-state index in [4.69, 9.17) is 13.1 Å². The van der Waals surface area contributed by atoms with Crippen LogP contribution in [0.1, 0.15) is 5.82 Å². The van der Waals surface area contributed by atoms with Crippen molar-refractivity contribution >= 4 is 24.6 Å². The summed E-state index contributed by atoms with van der Waals surface area (Å²) in [6, 6.07) is 1.81. The van der Waals surface area contributed by atoms with Crippen molar-refractivity contribution in [2.24, 2.45) is 0 Å². The molecule has 0 aliphatic heterocycles. The Morgan fingerprint density at radius 3 is 2.85 bits per heavy atom. The summed E-state index contributed by atoms with van der Waals surface area (Å²) in [4.78, 5) is 15.4. The molecule has 5 nitrogen and oxygen atoms in total. The molecule has 0 aliphatic carbocycles. The standard InChI is InChI=1S/C7H2BN5/c8-5-3-10-4-2-11-6(1-9)13-7(4)12-5/h2-3H. The Bertz CT molecular complexity index is 504. The van der Waals surface area contributed by atoms with Crippen molar-refractivity contribution in [1.29, 1.82) is 5.26 Å². The van der Waals surface area contributed by atoms with Crippen LogP contribution in [0.15, 0.2) is 12.4 Å². The van der Waals surface area contributed by atoms with Crippen LogP contribution in [0, 0.1) is 11.3 Å². The van der Waals surface area contributed by atoms with Gasteiger partial charge in [-0.1, -0.05) is 0 Å². The minimum atomic E-state index is 0.0624. The second-order valence-electron chi connectivity index (χ2n) is 2.31. The largest absolute Gasteiger partial charge is 0.250 e. The average Bonchev–Trinajstić information content (AvgIpc) is 2.16. The highest BCUT2D eigenvalue weighted by atomic mass is 15.0. The molecule has 2 radical (unpaired) electrons. The zero-order chi connectivity index (χ0) is 9.26. The van der Waals surface area contributed by atoms with Crippen molar-refractivity contribution in [3.63, 3.8) is 0 Å². The zero-order valence-corrected chi connectivity index (χ0v) is 6.47. The summed E-state index contributed by atoms with van der Waals surface area (Å²) in [5, 5.41) is 8.51. The molecule has 13 heavy (non-hydrogen) atoms. The van der Waals surface area contributed by atoms with E-state index in [9.17, 15) is 0 Å². The van der Waals surface area contributed by atoms with Gasteiger partial charge in [0.2, 0.25) is 5.82 Å². The number of nitriles is 1. The first-order valence-electron chi connectivity index (χ1n) is 3.45. The van der Waals surface area contributed by atoms with E-state index in [-0.39, 0.29) is 11.4 Å². The van der Waals surface area contributed by atoms with Gasteiger partial charge in [-0.05, 0) is 0 Å². The van der Waals surface area contributed by atoms with Gasteiger partial charge in [-0.2, -0.15) is 10.2 Å². The lowest BCUT2D eigenvalue weighted by Crippen LogP contribution is -2.10. The van der Waals surface area contributed by atoms with Crippen LogP contribution in [0.5, 0.6) is 0 Å². The summed E-state index contributed by atoms with van der Waals surface area (Å²) in [7, 11) is 5.40. The summed E-state index contributed by atoms with van der Waals surface area (Å²) in [6.45, 7) is 0. The molecule has 6 heteroatoms. The summed E-state index contributed by atoms with van der Waals surface area (Å²) in [5.74, 6) is 0.0624. The fraction of sp³-hybridized carbons (Fsp3) is 0. The van der Waals surface area contributed by atoms with Gasteiger partial charge in [0.05, 0.1) is 6.20 Å². The fourth-order valence-electron chi connectivity index (χ4n) is 0.881. The molecule has 0 aliphatic rings. The second-order valence-corrected chi connectivity index (χ2v) is 2.31. The highest BCUT2D eigenvalue weighted by molar-refractivity contribution is 6.30. The number of fused-ring (bicyclic) bond motifs is 1. The Morgan fingerprint density at radius 2 is 2.08 bits per heavy atom. The van der Waals surface area contributed by atoms with Crippen molar-refractivity contribution in [2.75, 3.05) is 0 Å². The molecule has 0 spiro atoms. The smallest absolute Gasteiger partial charge is 0.234 e. The molecule has 0 aromatic carbocycles. The van der Waals surface area contributed by atoms with Gasteiger partial charge in [0.15, 0.2) is 5.65 Å². The third kappa shape index (κ3) is 1.31. The van der Waals surface area contributed by atoms with Crippen LogP contribution < -0.4 is 5.59 Å². The summed E-state index contributed by atoms with van der Waals surface area (Å²) < 4.78 is 0. The molecule has 0 saturated carbocycles. The lowest BCUT2D eigenvalue weighted by Gasteiger charge is -1.95. The van der Waals surface area contributed by atoms with Crippen LogP contribution in [0.3, 0.4) is 0 Å². The van der Waals surface area contributed by atoms with E-state index in [1.165, 1.54) is 12.4 Å². The van der Waals surface area contributed by atoms with Crippen LogP contribution >= 0.6 is 0 Å². The van der Waals surface area contributed by atoms with E-state index < -0.39 is 0 Å². The maximum absolute atomic E-state index is 8.51. The first-order valence-corrected chi connectivity index (χ1v) is 3.45. The van der Waals surface area contributed by atoms with Gasteiger partial charge in [0, 0.05) is 11.8 Å². The van der Waals surface area contributed by atoms with Crippen LogP contribution in [-0.2, 0) is 0 Å². The molecule has 0 bridgehead atoms. The lowest BCUT2D eigenvalue weighted by atomic mass is 10.1. The number of aromatic nitrogens is 4. The average molecular weight is 167 g/mol. The quantitative estimate of drug-likeness (QED) is 0.474. The first kappa shape index (κ1) is 7.62. The summed E-state index contributed by atoms with van der Waals surface area (Å²) >= 11 is 0. The van der Waals surface area contributed by atoms with E-state index in [0.717, 1.165) is 0 Å². The van der Waals surface area contributed by atoms with Crippen molar-refractivity contribution < 1.29 is 0 Å². The molecule has 2 aromatic heterocycles. The zero-order valence-electron chi connectivity index (χ0n) is 6.47. The van der Waals surface area contributed by atoms with Gasteiger partial charge in [-0.15, -0.1) is 0 Å². The van der Waals surface area contributed by atoms with Crippen LogP contribution in [0.2, 0.25) is 0 Å². The number of hydrogen-bond donors (Lipinski definition) is 0. The highest BCUT2D eigenvalue weighted by Crippen LogP contribution is 2.00. The number of nitrogens with zero attached hydrogens (tertiary/aromatic N) is 5. The van der Waals surface area contributed by atoms with E-state index in [2.05, 4.69) is 19.9 Å². The fourth-order valence-corrected chi connectivity index (χ4v) is 0.881. The maximum Gasteiger partial charge on any atom is 0.234 e. The molecule has 2 aromatic rings. The molecule has 2 heterocycles. The highest BCUT2D eigenvalue weighted by Gasteiger charge is 2.00. The van der Waals surface area contributed by atoms with E-state index >= 15 is 0 Å². The van der Waals surface area contributed by atoms with Gasteiger partial charge < -0.3 is 0 Å². The van der Waals surface area contributed by atoms with Gasteiger partial charge in [-0.25, -0.2) is 9.97 Å². The van der Waals surface area contributed by atoms with E-state index in [0.29, 0.717) is 11.2 Å². The third-order valence-corrected chi connectivity index (χ3v) is 1.42. The van der Waals surface area contributed by atoms with Gasteiger partial charge in [-0.3, -0.25) is 4.98 Å². The molecule has 0 fully saturated rings. The predicted octanol–water partition coefficient (Wildman–Crippen LogP) is -0.915. The Morgan fingerprint density at radius 1 is 1.23 bits per heavy atom. The van der Waals surface area contributed by atoms with E-state index in [1.807, 2.05) is 6.07 Å². The minimum absolute atomic E-state index is 0.0624. The molecule has 2 rings (SSSR count). The Hall–Kier alpha value is -2.03. The Kier molecular flexibility index (Phi) is 1.63. The predicted molar refractivity (Wildman–Crippen MR) is 45.2 cm³/mol. The molecule has 0 atom stereocenters. The monoisotopic (exact) mass is 167 g/mol. The molecule has 58 valence electrons. The number of rotatable bonds is 0. The SMILES string of the molecule is [B]c1cnc2cnc(C#N)nc2n1. The normalized spacial score (nSPS) is 9.77. The topological polar surface area (TPSA) is 75.3 Å². The minimum Gasteiger partial charge on any atom is -0.250 e. The molecule has 0 saturated heterocycles. The maximum atomic E-state index is 8.51. The van der Waals surface area contributed by atoms with Gasteiger partial charge in [0.1, 0.15) is 19.4 Å². The summed E-state index contributed by atoms with van der Waals surface area (Å²) in [5.41, 5.74) is 1.13. The van der Waals surface area contributed by atoms with E-state index in [1.54, 1.807) is 0 Å². The van der Waals surface area contributed by atoms with Crippen molar-refractivity contribution in [2.45, 2.75) is 0 Å². The van der Waals surface area contributed by atoms with Crippen LogP contribution in [0.25, 0.3) is 11.2 Å². The third-order valence-electron chi connectivity index (χ3n) is 1.42. The van der Waals surface area contributed by atoms with Crippen molar-refractivity contribution in [3.05, 3.63) is 18.2 Å². The first-order chi connectivity index (χ1) is 6.29. The van der Waals surface area contributed by atoms with Crippen LogP contribution in [0.4, 0.5) is 0 Å². The lowest BCUT2D eigenvalue weighted by molar-refractivity contribution is 1.12.